The first-order chi connectivity index (χ1) is 12.2. The van der Waals surface area contributed by atoms with Crippen molar-refractivity contribution in [2.24, 2.45) is 0 Å². The minimum atomic E-state index is -1.14. The number of nitrogens with zero attached hydrogens (tertiary/aromatic N) is 1. The molecule has 0 heterocycles. The van der Waals surface area contributed by atoms with E-state index in [1.165, 1.54) is 6.07 Å². The third kappa shape index (κ3) is 4.11. The summed E-state index contributed by atoms with van der Waals surface area (Å²) in [5, 5.41) is 12.2. The van der Waals surface area contributed by atoms with Crippen LogP contribution in [0.25, 0.3) is 0 Å². The SMILES string of the molecule is N#Cc1c(F)cccc1Nc1cccc(CS(=O)c2ccccc2)c1. The maximum atomic E-state index is 13.7. The van der Waals surface area contributed by atoms with Crippen molar-refractivity contribution in [1.29, 1.82) is 5.26 Å². The molecule has 5 heteroatoms. The molecule has 0 spiro atoms. The zero-order chi connectivity index (χ0) is 17.6. The summed E-state index contributed by atoms with van der Waals surface area (Å²) in [5.74, 6) is -0.179. The average molecular weight is 350 g/mol. The van der Waals surface area contributed by atoms with Crippen LogP contribution in [0.4, 0.5) is 15.8 Å². The quantitative estimate of drug-likeness (QED) is 0.722. The first kappa shape index (κ1) is 16.9. The zero-order valence-corrected chi connectivity index (χ0v) is 14.1. The Bertz CT molecular complexity index is 951. The van der Waals surface area contributed by atoms with Crippen LogP contribution in [0, 0.1) is 17.1 Å². The average Bonchev–Trinajstić information content (AvgIpc) is 2.63. The van der Waals surface area contributed by atoms with Crippen molar-refractivity contribution in [2.75, 3.05) is 5.32 Å². The van der Waals surface area contributed by atoms with Crippen molar-refractivity contribution in [3.63, 3.8) is 0 Å². The monoisotopic (exact) mass is 350 g/mol. The van der Waals surface area contributed by atoms with Crippen LogP contribution in [0.2, 0.25) is 0 Å². The summed E-state index contributed by atoms with van der Waals surface area (Å²) in [4.78, 5) is 0.776. The predicted octanol–water partition coefficient (Wildman–Crippen LogP) is 4.75. The fourth-order valence-electron chi connectivity index (χ4n) is 2.44. The van der Waals surface area contributed by atoms with E-state index in [1.54, 1.807) is 12.1 Å². The highest BCUT2D eigenvalue weighted by molar-refractivity contribution is 7.84. The Labute approximate surface area is 148 Å². The van der Waals surface area contributed by atoms with E-state index < -0.39 is 16.6 Å². The molecule has 25 heavy (non-hydrogen) atoms. The van der Waals surface area contributed by atoms with Gasteiger partial charge in [0.05, 0.1) is 22.2 Å². The van der Waals surface area contributed by atoms with Crippen LogP contribution < -0.4 is 5.32 Å². The van der Waals surface area contributed by atoms with Crippen LogP contribution in [0.5, 0.6) is 0 Å². The molecule has 0 saturated carbocycles. The highest BCUT2D eigenvalue weighted by Gasteiger charge is 2.09. The van der Waals surface area contributed by atoms with Gasteiger partial charge in [0.25, 0.3) is 0 Å². The van der Waals surface area contributed by atoms with E-state index in [0.29, 0.717) is 17.1 Å². The lowest BCUT2D eigenvalue weighted by atomic mass is 10.1. The van der Waals surface area contributed by atoms with E-state index in [9.17, 15) is 8.60 Å². The second-order valence-electron chi connectivity index (χ2n) is 5.40. The van der Waals surface area contributed by atoms with Gasteiger partial charge in [-0.3, -0.25) is 4.21 Å². The number of hydrogen-bond acceptors (Lipinski definition) is 3. The Balaban J connectivity index is 1.80. The van der Waals surface area contributed by atoms with Crippen LogP contribution in [0.15, 0.2) is 77.7 Å². The molecule has 0 aliphatic heterocycles. The lowest BCUT2D eigenvalue weighted by molar-refractivity contribution is 0.624. The Morgan fingerprint density at radius 2 is 1.76 bits per heavy atom. The van der Waals surface area contributed by atoms with Gasteiger partial charge in [-0.25, -0.2) is 4.39 Å². The minimum absolute atomic E-state index is 0.0271. The molecule has 0 bridgehead atoms. The van der Waals surface area contributed by atoms with Gasteiger partial charge in [0, 0.05) is 10.6 Å². The van der Waals surface area contributed by atoms with Gasteiger partial charge >= 0.3 is 0 Å². The first-order valence-electron chi connectivity index (χ1n) is 7.65. The Morgan fingerprint density at radius 3 is 2.52 bits per heavy atom. The van der Waals surface area contributed by atoms with Gasteiger partial charge in [-0.1, -0.05) is 36.4 Å². The number of halogens is 1. The molecule has 1 N–H and O–H groups in total. The first-order valence-corrected chi connectivity index (χ1v) is 8.97. The van der Waals surface area contributed by atoms with Gasteiger partial charge in [0.15, 0.2) is 0 Å². The molecule has 0 amide bonds. The molecule has 3 aromatic rings. The van der Waals surface area contributed by atoms with Crippen molar-refractivity contribution in [3.8, 4) is 6.07 Å². The van der Waals surface area contributed by atoms with Crippen molar-refractivity contribution in [2.45, 2.75) is 10.6 Å². The highest BCUT2D eigenvalue weighted by Crippen LogP contribution is 2.24. The van der Waals surface area contributed by atoms with Crippen LogP contribution >= 0.6 is 0 Å². The lowest BCUT2D eigenvalue weighted by Crippen LogP contribution is -1.99. The Hall–Kier alpha value is -2.97. The molecule has 0 saturated heterocycles. The molecule has 1 atom stereocenters. The Morgan fingerprint density at radius 1 is 1.00 bits per heavy atom. The fourth-order valence-corrected chi connectivity index (χ4v) is 3.55. The number of nitrogens with one attached hydrogen (secondary N) is 1. The van der Waals surface area contributed by atoms with Gasteiger partial charge in [-0.2, -0.15) is 5.26 Å². The number of rotatable bonds is 5. The molecule has 0 radical (unpaired) electrons. The number of benzene rings is 3. The van der Waals surface area contributed by atoms with E-state index in [1.807, 2.05) is 60.7 Å². The number of anilines is 2. The van der Waals surface area contributed by atoms with Gasteiger partial charge in [0.1, 0.15) is 17.4 Å². The van der Waals surface area contributed by atoms with Crippen molar-refractivity contribution < 1.29 is 8.60 Å². The normalized spacial score (nSPS) is 11.5. The second-order valence-corrected chi connectivity index (χ2v) is 6.85. The third-order valence-corrected chi connectivity index (χ3v) is 5.03. The summed E-state index contributed by atoms with van der Waals surface area (Å²) in [6.45, 7) is 0. The molecular weight excluding hydrogens is 335 g/mol. The van der Waals surface area contributed by atoms with Gasteiger partial charge in [0.2, 0.25) is 0 Å². The zero-order valence-electron chi connectivity index (χ0n) is 13.3. The van der Waals surface area contributed by atoms with Crippen LogP contribution in [0.1, 0.15) is 11.1 Å². The van der Waals surface area contributed by atoms with Gasteiger partial charge in [-0.15, -0.1) is 0 Å². The molecule has 0 aliphatic carbocycles. The van der Waals surface area contributed by atoms with E-state index >= 15 is 0 Å². The van der Waals surface area contributed by atoms with E-state index in [0.717, 1.165) is 10.5 Å². The van der Waals surface area contributed by atoms with Crippen LogP contribution in [-0.2, 0) is 16.6 Å². The summed E-state index contributed by atoms with van der Waals surface area (Å²) >= 11 is 0. The van der Waals surface area contributed by atoms with E-state index in [4.69, 9.17) is 5.26 Å². The van der Waals surface area contributed by atoms with E-state index in [2.05, 4.69) is 5.32 Å². The molecule has 0 aliphatic rings. The molecule has 1 unspecified atom stereocenters. The van der Waals surface area contributed by atoms with Gasteiger partial charge < -0.3 is 5.32 Å². The predicted molar refractivity (Wildman–Crippen MR) is 97.4 cm³/mol. The third-order valence-electron chi connectivity index (χ3n) is 3.64. The molecular formula is C20H15FN2OS. The fraction of sp³-hybridized carbons (Fsp3) is 0.0500. The van der Waals surface area contributed by atoms with Crippen LogP contribution in [0.3, 0.4) is 0 Å². The topological polar surface area (TPSA) is 52.9 Å². The summed E-state index contributed by atoms with van der Waals surface area (Å²) in [6, 6.07) is 23.0. The van der Waals surface area contributed by atoms with Crippen LogP contribution in [-0.4, -0.2) is 4.21 Å². The van der Waals surface area contributed by atoms with Crippen molar-refractivity contribution >= 4 is 22.2 Å². The molecule has 3 aromatic carbocycles. The molecule has 0 aromatic heterocycles. The Kier molecular flexibility index (Phi) is 5.22. The summed E-state index contributed by atoms with van der Waals surface area (Å²) in [6.07, 6.45) is 0. The van der Waals surface area contributed by atoms with Crippen molar-refractivity contribution in [3.05, 3.63) is 89.7 Å². The molecule has 3 nitrogen and oxygen atoms in total. The molecule has 0 fully saturated rings. The van der Waals surface area contributed by atoms with Crippen molar-refractivity contribution in [1.82, 2.24) is 0 Å². The molecule has 124 valence electrons. The largest absolute Gasteiger partial charge is 0.354 e. The highest BCUT2D eigenvalue weighted by atomic mass is 32.2. The smallest absolute Gasteiger partial charge is 0.143 e. The maximum Gasteiger partial charge on any atom is 0.143 e. The second kappa shape index (κ2) is 7.73. The summed E-state index contributed by atoms with van der Waals surface area (Å²) in [7, 11) is -1.14. The summed E-state index contributed by atoms with van der Waals surface area (Å²) in [5.41, 5.74) is 1.98. The van der Waals surface area contributed by atoms with Gasteiger partial charge in [-0.05, 0) is 42.0 Å². The maximum absolute atomic E-state index is 13.7. The van der Waals surface area contributed by atoms with E-state index in [-0.39, 0.29) is 5.56 Å². The minimum Gasteiger partial charge on any atom is -0.354 e. The summed E-state index contributed by atoms with van der Waals surface area (Å²) < 4.78 is 26.1. The number of hydrogen-bond donors (Lipinski definition) is 1. The molecule has 3 rings (SSSR count). The lowest BCUT2D eigenvalue weighted by Gasteiger charge is -2.10. The standard InChI is InChI=1S/C20H15FN2OS/c21-19-10-5-11-20(18(19)13-22)23-16-7-4-6-15(12-16)14-25(24)17-8-2-1-3-9-17/h1-12,23H,14H2. The number of nitriles is 1.